The van der Waals surface area contributed by atoms with Crippen molar-refractivity contribution in [1.29, 1.82) is 0 Å². The molecule has 2 aromatic carbocycles. The van der Waals surface area contributed by atoms with E-state index in [1.165, 1.54) is 0 Å². The van der Waals surface area contributed by atoms with Crippen LogP contribution in [0.2, 0.25) is 0 Å². The van der Waals surface area contributed by atoms with Crippen LogP contribution in [-0.2, 0) is 0 Å². The summed E-state index contributed by atoms with van der Waals surface area (Å²) in [5.41, 5.74) is 0.677. The first-order valence-electron chi connectivity index (χ1n) is 6.77. The van der Waals surface area contributed by atoms with Gasteiger partial charge in [0.1, 0.15) is 17.2 Å². The average Bonchev–Trinajstić information content (AvgIpc) is 2.49. The molecule has 20 heavy (non-hydrogen) atoms. The standard InChI is InChI=1S/C17H18O3/c1-3-17(18)13-6-5-7-16(12-13)20-15-10-8-14(9-11-15)19-4-2/h5-12H,3-4H2,1-2H3. The van der Waals surface area contributed by atoms with Crippen LogP contribution in [0.1, 0.15) is 30.6 Å². The third-order valence-electron chi connectivity index (χ3n) is 2.85. The number of ketones is 1. The van der Waals surface area contributed by atoms with E-state index in [2.05, 4.69) is 0 Å². The van der Waals surface area contributed by atoms with Crippen molar-refractivity contribution in [1.82, 2.24) is 0 Å². The fourth-order valence-corrected chi connectivity index (χ4v) is 1.84. The Bertz CT molecular complexity index is 573. The number of benzene rings is 2. The lowest BCUT2D eigenvalue weighted by Gasteiger charge is -2.08. The molecule has 0 saturated heterocycles. The molecule has 0 atom stereocenters. The molecule has 0 aromatic heterocycles. The zero-order valence-electron chi connectivity index (χ0n) is 11.8. The molecule has 0 unspecified atom stereocenters. The van der Waals surface area contributed by atoms with E-state index in [0.717, 1.165) is 11.5 Å². The Hall–Kier alpha value is -2.29. The fraction of sp³-hybridized carbons (Fsp3) is 0.235. The maximum absolute atomic E-state index is 11.7. The van der Waals surface area contributed by atoms with Crippen molar-refractivity contribution in [2.24, 2.45) is 0 Å². The summed E-state index contributed by atoms with van der Waals surface area (Å²) in [7, 11) is 0. The van der Waals surface area contributed by atoms with E-state index in [4.69, 9.17) is 9.47 Å². The van der Waals surface area contributed by atoms with E-state index in [1.54, 1.807) is 12.1 Å². The third kappa shape index (κ3) is 3.60. The molecule has 2 aromatic rings. The highest BCUT2D eigenvalue weighted by Crippen LogP contribution is 2.24. The summed E-state index contributed by atoms with van der Waals surface area (Å²) < 4.78 is 11.1. The van der Waals surface area contributed by atoms with Crippen LogP contribution in [0.25, 0.3) is 0 Å². The quantitative estimate of drug-likeness (QED) is 0.726. The van der Waals surface area contributed by atoms with E-state index < -0.39 is 0 Å². The van der Waals surface area contributed by atoms with Crippen LogP contribution in [-0.4, -0.2) is 12.4 Å². The number of hydrogen-bond acceptors (Lipinski definition) is 3. The second-order valence-corrected chi connectivity index (χ2v) is 4.31. The summed E-state index contributed by atoms with van der Waals surface area (Å²) in [5, 5.41) is 0. The molecule has 0 N–H and O–H groups in total. The van der Waals surface area contributed by atoms with Gasteiger partial charge in [0.05, 0.1) is 6.61 Å². The van der Waals surface area contributed by atoms with Crippen molar-refractivity contribution < 1.29 is 14.3 Å². The van der Waals surface area contributed by atoms with Gasteiger partial charge < -0.3 is 9.47 Å². The Balaban J connectivity index is 2.11. The first-order chi connectivity index (χ1) is 9.72. The van der Waals surface area contributed by atoms with E-state index in [9.17, 15) is 4.79 Å². The van der Waals surface area contributed by atoms with Gasteiger partial charge in [-0.05, 0) is 43.3 Å². The van der Waals surface area contributed by atoms with Gasteiger partial charge in [0, 0.05) is 12.0 Å². The Morgan fingerprint density at radius 1 is 0.950 bits per heavy atom. The summed E-state index contributed by atoms with van der Waals surface area (Å²) in [6.45, 7) is 4.43. The van der Waals surface area contributed by atoms with Crippen molar-refractivity contribution in [2.75, 3.05) is 6.61 Å². The van der Waals surface area contributed by atoms with Gasteiger partial charge in [-0.1, -0.05) is 19.1 Å². The monoisotopic (exact) mass is 270 g/mol. The lowest BCUT2D eigenvalue weighted by atomic mass is 10.1. The van der Waals surface area contributed by atoms with Crippen LogP contribution in [0.5, 0.6) is 17.2 Å². The van der Waals surface area contributed by atoms with E-state index in [-0.39, 0.29) is 5.78 Å². The highest BCUT2D eigenvalue weighted by atomic mass is 16.5. The smallest absolute Gasteiger partial charge is 0.162 e. The molecule has 0 amide bonds. The van der Waals surface area contributed by atoms with E-state index in [0.29, 0.717) is 24.3 Å². The SMILES string of the molecule is CCOc1ccc(Oc2cccc(C(=O)CC)c2)cc1. The molecule has 0 saturated carbocycles. The molecule has 0 aliphatic heterocycles. The van der Waals surface area contributed by atoms with Crippen molar-refractivity contribution in [3.8, 4) is 17.2 Å². The zero-order chi connectivity index (χ0) is 14.4. The maximum Gasteiger partial charge on any atom is 0.162 e. The van der Waals surface area contributed by atoms with Crippen molar-refractivity contribution >= 4 is 5.78 Å². The molecule has 0 bridgehead atoms. The van der Waals surface area contributed by atoms with Gasteiger partial charge in [0.2, 0.25) is 0 Å². The molecule has 0 aliphatic rings. The predicted molar refractivity (Wildman–Crippen MR) is 78.7 cm³/mol. The number of carbonyl (C=O) groups is 1. The molecule has 3 nitrogen and oxygen atoms in total. The van der Waals surface area contributed by atoms with Gasteiger partial charge >= 0.3 is 0 Å². The number of hydrogen-bond donors (Lipinski definition) is 0. The second kappa shape index (κ2) is 6.75. The van der Waals surface area contributed by atoms with Crippen LogP contribution >= 0.6 is 0 Å². The first kappa shape index (κ1) is 14.1. The highest BCUT2D eigenvalue weighted by Gasteiger charge is 2.05. The Kier molecular flexibility index (Phi) is 4.77. The van der Waals surface area contributed by atoms with Crippen LogP contribution in [0.15, 0.2) is 48.5 Å². The summed E-state index contributed by atoms with van der Waals surface area (Å²) in [6.07, 6.45) is 0.493. The Morgan fingerprint density at radius 2 is 1.65 bits per heavy atom. The van der Waals surface area contributed by atoms with Crippen LogP contribution in [0.4, 0.5) is 0 Å². The zero-order valence-corrected chi connectivity index (χ0v) is 11.8. The molecule has 0 radical (unpaired) electrons. The number of ether oxygens (including phenoxy) is 2. The minimum absolute atomic E-state index is 0.113. The van der Waals surface area contributed by atoms with Gasteiger partial charge in [0.25, 0.3) is 0 Å². The Morgan fingerprint density at radius 3 is 2.30 bits per heavy atom. The molecule has 0 spiro atoms. The molecule has 0 fully saturated rings. The van der Waals surface area contributed by atoms with Gasteiger partial charge in [-0.15, -0.1) is 0 Å². The van der Waals surface area contributed by atoms with E-state index in [1.807, 2.05) is 50.2 Å². The summed E-state index contributed by atoms with van der Waals surface area (Å²) in [5.74, 6) is 2.31. The molecule has 3 heteroatoms. The minimum Gasteiger partial charge on any atom is -0.494 e. The normalized spacial score (nSPS) is 10.1. The predicted octanol–water partition coefficient (Wildman–Crippen LogP) is 4.47. The van der Waals surface area contributed by atoms with Crippen molar-refractivity contribution in [2.45, 2.75) is 20.3 Å². The molecular weight excluding hydrogens is 252 g/mol. The number of rotatable bonds is 6. The van der Waals surface area contributed by atoms with Crippen LogP contribution in [0, 0.1) is 0 Å². The average molecular weight is 270 g/mol. The maximum atomic E-state index is 11.7. The van der Waals surface area contributed by atoms with Gasteiger partial charge in [-0.25, -0.2) is 0 Å². The number of carbonyl (C=O) groups excluding carboxylic acids is 1. The lowest BCUT2D eigenvalue weighted by molar-refractivity contribution is 0.0988. The fourth-order valence-electron chi connectivity index (χ4n) is 1.84. The molecule has 2 rings (SSSR count). The van der Waals surface area contributed by atoms with Crippen molar-refractivity contribution in [3.63, 3.8) is 0 Å². The molecule has 104 valence electrons. The van der Waals surface area contributed by atoms with Crippen molar-refractivity contribution in [3.05, 3.63) is 54.1 Å². The van der Waals surface area contributed by atoms with Crippen LogP contribution in [0.3, 0.4) is 0 Å². The van der Waals surface area contributed by atoms with Crippen LogP contribution < -0.4 is 9.47 Å². The summed E-state index contributed by atoms with van der Waals surface area (Å²) in [6, 6.07) is 14.6. The topological polar surface area (TPSA) is 35.5 Å². The third-order valence-corrected chi connectivity index (χ3v) is 2.85. The largest absolute Gasteiger partial charge is 0.494 e. The van der Waals surface area contributed by atoms with Gasteiger partial charge in [-0.2, -0.15) is 0 Å². The first-order valence-corrected chi connectivity index (χ1v) is 6.77. The summed E-state index contributed by atoms with van der Waals surface area (Å²) in [4.78, 5) is 11.7. The number of Topliss-reactive ketones (excluding diaryl/α,β-unsaturated/α-hetero) is 1. The lowest BCUT2D eigenvalue weighted by Crippen LogP contribution is -1.96. The van der Waals surface area contributed by atoms with Gasteiger partial charge in [0.15, 0.2) is 5.78 Å². The van der Waals surface area contributed by atoms with E-state index >= 15 is 0 Å². The molecule has 0 heterocycles. The van der Waals surface area contributed by atoms with Gasteiger partial charge in [-0.3, -0.25) is 4.79 Å². The Labute approximate surface area is 119 Å². The molecular formula is C17H18O3. The summed E-state index contributed by atoms with van der Waals surface area (Å²) >= 11 is 0. The highest BCUT2D eigenvalue weighted by molar-refractivity contribution is 5.96. The molecule has 0 aliphatic carbocycles. The minimum atomic E-state index is 0.113. The second-order valence-electron chi connectivity index (χ2n) is 4.31.